The molecule has 0 spiro atoms. The summed E-state index contributed by atoms with van der Waals surface area (Å²) in [4.78, 5) is 12.7. The first-order valence-electron chi connectivity index (χ1n) is 11.0. The Morgan fingerprint density at radius 1 is 1.03 bits per heavy atom. The fourth-order valence-electron chi connectivity index (χ4n) is 3.75. The summed E-state index contributed by atoms with van der Waals surface area (Å²) in [5, 5.41) is 12.2. The summed E-state index contributed by atoms with van der Waals surface area (Å²) < 4.78 is 14.3. The zero-order chi connectivity index (χ0) is 24.8. The smallest absolute Gasteiger partial charge is 0.249 e. The highest BCUT2D eigenvalue weighted by molar-refractivity contribution is 6.31. The van der Waals surface area contributed by atoms with Gasteiger partial charge in [0.05, 0.1) is 39.2 Å². The van der Waals surface area contributed by atoms with Gasteiger partial charge in [-0.25, -0.2) is 9.36 Å². The largest absolute Gasteiger partial charge is 0.493 e. The van der Waals surface area contributed by atoms with Crippen LogP contribution in [0.25, 0.3) is 6.08 Å². The second-order valence-corrected chi connectivity index (χ2v) is 8.14. The third-order valence-electron chi connectivity index (χ3n) is 5.46. The minimum absolute atomic E-state index is 0.310. The second kappa shape index (κ2) is 10.9. The van der Waals surface area contributed by atoms with Crippen molar-refractivity contribution in [3.8, 4) is 11.5 Å². The lowest BCUT2D eigenvalue weighted by Crippen LogP contribution is -2.14. The molecule has 9 heteroatoms. The van der Waals surface area contributed by atoms with Crippen molar-refractivity contribution < 1.29 is 14.3 Å². The molecule has 2 heterocycles. The van der Waals surface area contributed by atoms with Crippen LogP contribution >= 0.6 is 11.6 Å². The number of nitrogens with zero attached hydrogens (tertiary/aromatic N) is 4. The van der Waals surface area contributed by atoms with Gasteiger partial charge in [-0.2, -0.15) is 10.2 Å². The Kier molecular flexibility index (Phi) is 7.52. The summed E-state index contributed by atoms with van der Waals surface area (Å²) in [6.45, 7) is 2.80. The van der Waals surface area contributed by atoms with Gasteiger partial charge in [-0.1, -0.05) is 54.1 Å². The molecule has 1 amide bonds. The third-order valence-corrected chi connectivity index (χ3v) is 5.86. The van der Waals surface area contributed by atoms with Crippen LogP contribution in [0.3, 0.4) is 0 Å². The Hall–Kier alpha value is -4.04. The van der Waals surface area contributed by atoms with Crippen molar-refractivity contribution in [3.63, 3.8) is 0 Å². The fourth-order valence-corrected chi connectivity index (χ4v) is 4.05. The molecular weight excluding hydrogens is 466 g/mol. The molecule has 0 fully saturated rings. The van der Waals surface area contributed by atoms with Crippen LogP contribution in [0.15, 0.2) is 66.9 Å². The number of aryl methyl sites for hydroxylation is 1. The number of methoxy groups -OCH3 is 2. The Labute approximate surface area is 208 Å². The molecule has 0 aliphatic carbocycles. The topological polar surface area (TPSA) is 83.2 Å². The van der Waals surface area contributed by atoms with Gasteiger partial charge in [0.2, 0.25) is 5.91 Å². The van der Waals surface area contributed by atoms with Crippen LogP contribution in [-0.4, -0.2) is 39.7 Å². The molecule has 180 valence electrons. The predicted octanol–water partition coefficient (Wildman–Crippen LogP) is 4.81. The number of carbonyl (C=O) groups excluding carboxylic acids is 1. The zero-order valence-corrected chi connectivity index (χ0v) is 20.5. The molecule has 2 aromatic heterocycles. The average molecular weight is 492 g/mol. The van der Waals surface area contributed by atoms with Crippen LogP contribution in [0, 0.1) is 6.92 Å². The van der Waals surface area contributed by atoms with Crippen molar-refractivity contribution in [2.24, 2.45) is 0 Å². The molecule has 0 radical (unpaired) electrons. The van der Waals surface area contributed by atoms with E-state index in [1.807, 2.05) is 55.5 Å². The number of para-hydroxylation sites is 1. The van der Waals surface area contributed by atoms with Gasteiger partial charge in [0.1, 0.15) is 11.0 Å². The van der Waals surface area contributed by atoms with Crippen molar-refractivity contribution in [3.05, 3.63) is 94.4 Å². The number of halogens is 1. The van der Waals surface area contributed by atoms with Gasteiger partial charge in [0, 0.05) is 23.3 Å². The van der Waals surface area contributed by atoms with E-state index >= 15 is 0 Å². The van der Waals surface area contributed by atoms with E-state index in [2.05, 4.69) is 15.5 Å². The third kappa shape index (κ3) is 5.55. The highest BCUT2D eigenvalue weighted by Gasteiger charge is 2.14. The number of hydrogen-bond acceptors (Lipinski definition) is 5. The summed E-state index contributed by atoms with van der Waals surface area (Å²) >= 11 is 6.56. The van der Waals surface area contributed by atoms with Crippen LogP contribution in [0.4, 0.5) is 5.82 Å². The maximum absolute atomic E-state index is 12.7. The normalized spacial score (nSPS) is 11.1. The van der Waals surface area contributed by atoms with Gasteiger partial charge in [0.25, 0.3) is 0 Å². The highest BCUT2D eigenvalue weighted by Crippen LogP contribution is 2.31. The molecule has 0 atom stereocenters. The number of amides is 1. The minimum atomic E-state index is -0.310. The number of carbonyl (C=O) groups is 1. The molecule has 0 unspecified atom stereocenters. The molecule has 0 saturated carbocycles. The average Bonchev–Trinajstić information content (AvgIpc) is 3.40. The molecule has 0 bridgehead atoms. The quantitative estimate of drug-likeness (QED) is 0.340. The first-order chi connectivity index (χ1) is 17.0. The van der Waals surface area contributed by atoms with Gasteiger partial charge >= 0.3 is 0 Å². The van der Waals surface area contributed by atoms with Crippen LogP contribution < -0.4 is 14.8 Å². The van der Waals surface area contributed by atoms with E-state index in [9.17, 15) is 4.79 Å². The van der Waals surface area contributed by atoms with E-state index in [1.54, 1.807) is 41.9 Å². The molecule has 0 aliphatic rings. The Morgan fingerprint density at radius 2 is 1.83 bits per heavy atom. The van der Waals surface area contributed by atoms with E-state index in [-0.39, 0.29) is 5.91 Å². The van der Waals surface area contributed by atoms with E-state index in [1.165, 1.54) is 6.08 Å². The molecule has 35 heavy (non-hydrogen) atoms. The highest BCUT2D eigenvalue weighted by atomic mass is 35.5. The number of benzene rings is 2. The lowest BCUT2D eigenvalue weighted by Gasteiger charge is -2.14. The van der Waals surface area contributed by atoms with Crippen molar-refractivity contribution in [2.75, 3.05) is 19.5 Å². The zero-order valence-electron chi connectivity index (χ0n) is 19.7. The SMILES string of the molecule is COc1cccc(Cn2nccc2NC(=O)/C=C/c2c(C)nn(Cc3ccccc3)c2Cl)c1OC. The second-order valence-electron chi connectivity index (χ2n) is 7.78. The molecule has 0 saturated heterocycles. The summed E-state index contributed by atoms with van der Waals surface area (Å²) in [7, 11) is 3.18. The van der Waals surface area contributed by atoms with E-state index < -0.39 is 0 Å². The summed E-state index contributed by atoms with van der Waals surface area (Å²) in [6, 6.07) is 17.3. The molecular formula is C26H26ClN5O3. The predicted molar refractivity (Wildman–Crippen MR) is 136 cm³/mol. The number of nitrogens with one attached hydrogen (secondary N) is 1. The number of aromatic nitrogens is 4. The van der Waals surface area contributed by atoms with Gasteiger partial charge in [-0.15, -0.1) is 0 Å². The minimum Gasteiger partial charge on any atom is -0.493 e. The molecule has 1 N–H and O–H groups in total. The molecule has 4 aromatic rings. The standard InChI is InChI=1S/C26H26ClN5O3/c1-18-21(26(27)32(30-18)16-19-8-5-4-6-9-19)12-13-24(33)29-23-14-15-28-31(23)17-20-10-7-11-22(34-2)25(20)35-3/h4-15H,16-17H2,1-3H3,(H,29,33)/b13-12+. The van der Waals surface area contributed by atoms with Crippen LogP contribution in [-0.2, 0) is 17.9 Å². The van der Waals surface area contributed by atoms with E-state index in [0.29, 0.717) is 41.1 Å². The Morgan fingerprint density at radius 3 is 2.57 bits per heavy atom. The summed E-state index contributed by atoms with van der Waals surface area (Å²) in [6.07, 6.45) is 4.74. The molecule has 8 nitrogen and oxygen atoms in total. The first-order valence-corrected chi connectivity index (χ1v) is 11.4. The lowest BCUT2D eigenvalue weighted by molar-refractivity contribution is -0.111. The number of anilines is 1. The Bertz CT molecular complexity index is 1340. The summed E-state index contributed by atoms with van der Waals surface area (Å²) in [5.41, 5.74) is 3.40. The van der Waals surface area contributed by atoms with Crippen LogP contribution in [0.1, 0.15) is 22.4 Å². The van der Waals surface area contributed by atoms with Crippen LogP contribution in [0.2, 0.25) is 5.15 Å². The number of hydrogen-bond donors (Lipinski definition) is 1. The van der Waals surface area contributed by atoms with Gasteiger partial charge in [-0.05, 0) is 24.6 Å². The van der Waals surface area contributed by atoms with E-state index in [0.717, 1.165) is 16.8 Å². The van der Waals surface area contributed by atoms with E-state index in [4.69, 9.17) is 21.1 Å². The van der Waals surface area contributed by atoms with Gasteiger partial charge in [0.15, 0.2) is 11.5 Å². The van der Waals surface area contributed by atoms with Gasteiger partial charge in [-0.3, -0.25) is 4.79 Å². The fraction of sp³-hybridized carbons (Fsp3) is 0.192. The first kappa shape index (κ1) is 24.1. The number of ether oxygens (including phenoxy) is 2. The Balaban J connectivity index is 1.46. The van der Waals surface area contributed by atoms with Crippen molar-refractivity contribution in [1.29, 1.82) is 0 Å². The van der Waals surface area contributed by atoms with Crippen molar-refractivity contribution in [1.82, 2.24) is 19.6 Å². The van der Waals surface area contributed by atoms with Crippen molar-refractivity contribution >= 4 is 29.4 Å². The maximum atomic E-state index is 12.7. The lowest BCUT2D eigenvalue weighted by atomic mass is 10.2. The van der Waals surface area contributed by atoms with Crippen molar-refractivity contribution in [2.45, 2.75) is 20.0 Å². The van der Waals surface area contributed by atoms with Crippen LogP contribution in [0.5, 0.6) is 11.5 Å². The summed E-state index contributed by atoms with van der Waals surface area (Å²) in [5.74, 6) is 1.49. The number of rotatable bonds is 9. The van der Waals surface area contributed by atoms with Gasteiger partial charge < -0.3 is 14.8 Å². The molecule has 0 aliphatic heterocycles. The molecule has 2 aromatic carbocycles. The monoisotopic (exact) mass is 491 g/mol. The molecule has 4 rings (SSSR count). The maximum Gasteiger partial charge on any atom is 0.249 e.